The Labute approximate surface area is 149 Å². The van der Waals surface area contributed by atoms with Crippen LogP contribution in [0.1, 0.15) is 35.1 Å². The molecule has 3 N–H and O–H groups in total. The van der Waals surface area contributed by atoms with Crippen molar-refractivity contribution in [3.63, 3.8) is 0 Å². The fraction of sp³-hybridized carbons (Fsp3) is 0.353. The highest BCUT2D eigenvalue weighted by Gasteiger charge is 2.32. The van der Waals surface area contributed by atoms with Crippen molar-refractivity contribution >= 4 is 28.5 Å². The van der Waals surface area contributed by atoms with Crippen molar-refractivity contribution in [2.45, 2.75) is 25.8 Å². The van der Waals surface area contributed by atoms with Gasteiger partial charge in [-0.1, -0.05) is 11.8 Å². The molecule has 1 amide bonds. The number of amides is 1. The van der Waals surface area contributed by atoms with Gasteiger partial charge in [-0.3, -0.25) is 14.5 Å². The van der Waals surface area contributed by atoms with Crippen LogP contribution < -0.4 is 11.1 Å². The van der Waals surface area contributed by atoms with E-state index in [2.05, 4.69) is 15.4 Å². The number of nitrogens with zero attached hydrogens (tertiary/aromatic N) is 3. The molecular weight excluding hydrogens is 341 g/mol. The summed E-state index contributed by atoms with van der Waals surface area (Å²) in [7, 11) is 1.70. The Hall–Kier alpha value is -2.35. The van der Waals surface area contributed by atoms with Gasteiger partial charge in [-0.15, -0.1) is 0 Å². The third kappa shape index (κ3) is 3.53. The molecule has 0 saturated carbocycles. The van der Waals surface area contributed by atoms with Crippen molar-refractivity contribution in [2.75, 3.05) is 11.1 Å². The number of anilines is 1. The first-order valence-electron chi connectivity index (χ1n) is 7.89. The van der Waals surface area contributed by atoms with Crippen molar-refractivity contribution in [1.29, 1.82) is 0 Å². The Bertz CT molecular complexity index is 863. The van der Waals surface area contributed by atoms with Gasteiger partial charge in [-0.2, -0.15) is 5.10 Å². The Morgan fingerprint density at radius 1 is 1.44 bits per heavy atom. The number of nitrogens with one attached hydrogen (secondary N) is 1. The first-order valence-corrected chi connectivity index (χ1v) is 8.87. The summed E-state index contributed by atoms with van der Waals surface area (Å²) in [5.41, 5.74) is 7.21. The SMILES string of the molecule is Cc1cc(C(=O)Nc2ccc(F)c(C3(C)CCSC(N)=N3)c2)n(C)n1. The van der Waals surface area contributed by atoms with Crippen LogP contribution in [0, 0.1) is 12.7 Å². The average Bonchev–Trinajstić information content (AvgIpc) is 2.87. The number of thioether (sulfide) groups is 1. The van der Waals surface area contributed by atoms with Gasteiger partial charge in [0.25, 0.3) is 5.91 Å². The number of carbonyl (C=O) groups excluding carboxylic acids is 1. The summed E-state index contributed by atoms with van der Waals surface area (Å²) in [6, 6.07) is 6.21. The number of halogens is 1. The van der Waals surface area contributed by atoms with Crippen LogP contribution in [0.25, 0.3) is 0 Å². The zero-order chi connectivity index (χ0) is 18.2. The van der Waals surface area contributed by atoms with E-state index in [0.29, 0.717) is 28.5 Å². The van der Waals surface area contributed by atoms with E-state index in [4.69, 9.17) is 5.73 Å². The second kappa shape index (κ2) is 6.51. The number of nitrogens with two attached hydrogens (primary N) is 1. The number of rotatable bonds is 3. The lowest BCUT2D eigenvalue weighted by atomic mass is 9.89. The maximum Gasteiger partial charge on any atom is 0.273 e. The number of aryl methyl sites for hydroxylation is 2. The maximum absolute atomic E-state index is 14.4. The molecule has 0 aliphatic carbocycles. The van der Waals surface area contributed by atoms with Crippen LogP contribution in [-0.4, -0.2) is 26.6 Å². The van der Waals surface area contributed by atoms with E-state index in [9.17, 15) is 9.18 Å². The predicted octanol–water partition coefficient (Wildman–Crippen LogP) is 2.79. The minimum atomic E-state index is -0.733. The molecule has 0 saturated heterocycles. The van der Waals surface area contributed by atoms with Gasteiger partial charge in [0, 0.05) is 24.1 Å². The average molecular weight is 361 g/mol. The summed E-state index contributed by atoms with van der Waals surface area (Å²) in [5.74, 6) is 0.115. The van der Waals surface area contributed by atoms with E-state index in [-0.39, 0.29) is 11.7 Å². The minimum absolute atomic E-state index is 0.298. The maximum atomic E-state index is 14.4. The Morgan fingerprint density at radius 2 is 2.20 bits per heavy atom. The number of aromatic nitrogens is 2. The van der Waals surface area contributed by atoms with Crippen molar-refractivity contribution in [3.05, 3.63) is 47.0 Å². The van der Waals surface area contributed by atoms with Crippen molar-refractivity contribution < 1.29 is 9.18 Å². The first kappa shape index (κ1) is 17.5. The van der Waals surface area contributed by atoms with Gasteiger partial charge in [0.15, 0.2) is 5.17 Å². The Kier molecular flexibility index (Phi) is 4.55. The Morgan fingerprint density at radius 3 is 2.84 bits per heavy atom. The molecule has 0 bridgehead atoms. The lowest BCUT2D eigenvalue weighted by Crippen LogP contribution is -2.30. The number of carbonyl (C=O) groups is 1. The molecule has 1 aliphatic heterocycles. The van der Waals surface area contributed by atoms with Gasteiger partial charge < -0.3 is 11.1 Å². The summed E-state index contributed by atoms with van der Waals surface area (Å²) < 4.78 is 15.9. The van der Waals surface area contributed by atoms with E-state index in [1.807, 2.05) is 13.8 Å². The first-order chi connectivity index (χ1) is 11.8. The second-order valence-corrected chi connectivity index (χ2v) is 7.38. The number of aliphatic imine (C=N–C) groups is 1. The minimum Gasteiger partial charge on any atom is -0.379 e. The van der Waals surface area contributed by atoms with Gasteiger partial charge in [-0.25, -0.2) is 4.39 Å². The lowest BCUT2D eigenvalue weighted by molar-refractivity contribution is 0.101. The smallest absolute Gasteiger partial charge is 0.273 e. The molecule has 1 aliphatic rings. The summed E-state index contributed by atoms with van der Waals surface area (Å²) in [4.78, 5) is 16.9. The molecule has 8 heteroatoms. The third-order valence-corrected chi connectivity index (χ3v) is 5.03. The van der Waals surface area contributed by atoms with Gasteiger partial charge in [0.1, 0.15) is 11.5 Å². The van der Waals surface area contributed by atoms with Crippen LogP contribution >= 0.6 is 11.8 Å². The fourth-order valence-electron chi connectivity index (χ4n) is 2.91. The van der Waals surface area contributed by atoms with E-state index in [1.165, 1.54) is 28.6 Å². The van der Waals surface area contributed by atoms with E-state index in [1.54, 1.807) is 19.2 Å². The molecule has 3 rings (SSSR count). The van der Waals surface area contributed by atoms with Crippen LogP contribution in [0.4, 0.5) is 10.1 Å². The zero-order valence-corrected chi connectivity index (χ0v) is 15.2. The van der Waals surface area contributed by atoms with Gasteiger partial charge in [0.05, 0.1) is 11.2 Å². The molecule has 1 aromatic heterocycles. The largest absolute Gasteiger partial charge is 0.379 e. The summed E-state index contributed by atoms with van der Waals surface area (Å²) in [5, 5.41) is 7.41. The van der Waals surface area contributed by atoms with E-state index in [0.717, 1.165) is 11.4 Å². The third-order valence-electron chi connectivity index (χ3n) is 4.23. The van der Waals surface area contributed by atoms with Gasteiger partial charge in [-0.05, 0) is 44.5 Å². The van der Waals surface area contributed by atoms with Crippen LogP contribution in [0.5, 0.6) is 0 Å². The summed E-state index contributed by atoms with van der Waals surface area (Å²) >= 11 is 1.46. The Balaban J connectivity index is 1.91. The summed E-state index contributed by atoms with van der Waals surface area (Å²) in [6.45, 7) is 3.67. The zero-order valence-electron chi connectivity index (χ0n) is 14.3. The number of benzene rings is 1. The predicted molar refractivity (Wildman–Crippen MR) is 98.3 cm³/mol. The van der Waals surface area contributed by atoms with Crippen LogP contribution in [0.3, 0.4) is 0 Å². The van der Waals surface area contributed by atoms with Crippen molar-refractivity contribution in [2.24, 2.45) is 17.8 Å². The van der Waals surface area contributed by atoms with Crippen LogP contribution in [-0.2, 0) is 12.6 Å². The quantitative estimate of drug-likeness (QED) is 0.880. The number of amidine groups is 1. The monoisotopic (exact) mass is 361 g/mol. The van der Waals surface area contributed by atoms with Gasteiger partial charge in [0.2, 0.25) is 0 Å². The highest BCUT2D eigenvalue weighted by atomic mass is 32.2. The molecular formula is C17H20FN5OS. The van der Waals surface area contributed by atoms with Gasteiger partial charge >= 0.3 is 0 Å². The molecule has 132 valence electrons. The van der Waals surface area contributed by atoms with E-state index >= 15 is 0 Å². The highest BCUT2D eigenvalue weighted by Crippen LogP contribution is 2.37. The molecule has 1 atom stereocenters. The van der Waals surface area contributed by atoms with E-state index < -0.39 is 5.54 Å². The summed E-state index contributed by atoms with van der Waals surface area (Å²) in [6.07, 6.45) is 0.674. The number of hydrogen-bond donors (Lipinski definition) is 2. The van der Waals surface area contributed by atoms with Crippen LogP contribution in [0.2, 0.25) is 0 Å². The molecule has 2 aromatic rings. The number of hydrogen-bond acceptors (Lipinski definition) is 5. The standard InChI is InChI=1S/C17H20FN5OS/c1-10-8-14(23(3)22-10)15(24)20-11-4-5-13(18)12(9-11)17(2)6-7-25-16(19)21-17/h4-5,8-9H,6-7H2,1-3H3,(H2,19,21)(H,20,24). The molecule has 0 radical (unpaired) electrons. The van der Waals surface area contributed by atoms with Crippen molar-refractivity contribution in [3.8, 4) is 0 Å². The lowest BCUT2D eigenvalue weighted by Gasteiger charge is -2.30. The molecule has 6 nitrogen and oxygen atoms in total. The van der Waals surface area contributed by atoms with Crippen molar-refractivity contribution in [1.82, 2.24) is 9.78 Å². The molecule has 25 heavy (non-hydrogen) atoms. The normalized spacial score (nSPS) is 20.2. The van der Waals surface area contributed by atoms with Crippen LogP contribution in [0.15, 0.2) is 29.3 Å². The molecule has 0 spiro atoms. The molecule has 1 unspecified atom stereocenters. The fourth-order valence-corrected chi connectivity index (χ4v) is 3.89. The molecule has 0 fully saturated rings. The molecule has 2 heterocycles. The second-order valence-electron chi connectivity index (χ2n) is 6.27. The highest BCUT2D eigenvalue weighted by molar-refractivity contribution is 8.13. The topological polar surface area (TPSA) is 85.3 Å². The molecule has 1 aromatic carbocycles.